The van der Waals surface area contributed by atoms with Gasteiger partial charge in [0, 0.05) is 18.4 Å². The molecule has 0 saturated heterocycles. The molecule has 6 heteroatoms. The third kappa shape index (κ3) is 3.23. The lowest BCUT2D eigenvalue weighted by Gasteiger charge is -2.24. The van der Waals surface area contributed by atoms with E-state index in [1.807, 2.05) is 35.5 Å². The molecular weight excluding hydrogens is 303 g/mol. The predicted molar refractivity (Wildman–Crippen MR) is 83.8 cm³/mol. The fourth-order valence-corrected chi connectivity index (χ4v) is 2.97. The molecule has 0 aromatic heterocycles. The molecule has 0 fully saturated rings. The van der Waals surface area contributed by atoms with E-state index in [1.54, 1.807) is 12.1 Å². The van der Waals surface area contributed by atoms with Crippen molar-refractivity contribution in [3.8, 4) is 0 Å². The number of benzene rings is 2. The van der Waals surface area contributed by atoms with Crippen LogP contribution in [-0.2, 0) is 16.8 Å². The summed E-state index contributed by atoms with van der Waals surface area (Å²) < 4.78 is 34.5. The molecule has 1 heterocycles. The average molecular weight is 317 g/mol. The van der Waals surface area contributed by atoms with Gasteiger partial charge in [0.15, 0.2) is 0 Å². The first kappa shape index (κ1) is 14.9. The quantitative estimate of drug-likeness (QED) is 0.814. The molecule has 2 atom stereocenters. The van der Waals surface area contributed by atoms with Crippen LogP contribution in [0.1, 0.15) is 23.6 Å². The van der Waals surface area contributed by atoms with Crippen molar-refractivity contribution in [2.24, 2.45) is 5.10 Å². The van der Waals surface area contributed by atoms with Crippen molar-refractivity contribution in [1.29, 1.82) is 0 Å². The first-order valence-corrected chi connectivity index (χ1v) is 8.10. The number of hydrogen-bond acceptors (Lipinski definition) is 4. The summed E-state index contributed by atoms with van der Waals surface area (Å²) in [5.74, 6) is -0.262. The van der Waals surface area contributed by atoms with E-state index in [4.69, 9.17) is 0 Å². The Hall–Kier alpha value is -2.05. The number of hydrogen-bond donors (Lipinski definition) is 0. The van der Waals surface area contributed by atoms with Crippen molar-refractivity contribution >= 4 is 23.0 Å². The maximum absolute atomic E-state index is 13.0. The zero-order valence-corrected chi connectivity index (χ0v) is 12.5. The van der Waals surface area contributed by atoms with Crippen LogP contribution in [0.15, 0.2) is 53.6 Å². The standard InChI is InChI=1S/C16H15FN2O2S/c17-14-5-7-15(8-6-14)19-16(9-10-18-19)13-3-1-12(2-4-13)11-22(20)21/h1-8,10,16H,9,11H2,(H,20,21)/p-1. The fourth-order valence-electron chi connectivity index (χ4n) is 2.51. The number of halogens is 1. The van der Waals surface area contributed by atoms with Crippen LogP contribution in [0.5, 0.6) is 0 Å². The van der Waals surface area contributed by atoms with Crippen LogP contribution in [-0.4, -0.2) is 15.0 Å². The van der Waals surface area contributed by atoms with Gasteiger partial charge in [-0.3, -0.25) is 9.22 Å². The largest absolute Gasteiger partial charge is 0.772 e. The van der Waals surface area contributed by atoms with Crippen LogP contribution in [0.4, 0.5) is 10.1 Å². The van der Waals surface area contributed by atoms with Gasteiger partial charge in [0.05, 0.1) is 11.7 Å². The van der Waals surface area contributed by atoms with Crippen molar-refractivity contribution in [2.75, 3.05) is 5.01 Å². The average Bonchev–Trinajstić information content (AvgIpc) is 2.97. The molecule has 0 saturated carbocycles. The topological polar surface area (TPSA) is 55.7 Å². The van der Waals surface area contributed by atoms with Crippen molar-refractivity contribution in [3.05, 3.63) is 65.5 Å². The van der Waals surface area contributed by atoms with Crippen LogP contribution >= 0.6 is 0 Å². The molecule has 0 aliphatic carbocycles. The van der Waals surface area contributed by atoms with Crippen LogP contribution in [0.2, 0.25) is 0 Å². The fraction of sp³-hybridized carbons (Fsp3) is 0.188. The lowest BCUT2D eigenvalue weighted by atomic mass is 10.0. The Balaban J connectivity index is 1.81. The van der Waals surface area contributed by atoms with E-state index in [2.05, 4.69) is 5.10 Å². The van der Waals surface area contributed by atoms with Crippen LogP contribution in [0.3, 0.4) is 0 Å². The van der Waals surface area contributed by atoms with Crippen molar-refractivity contribution < 1.29 is 13.2 Å². The van der Waals surface area contributed by atoms with Crippen LogP contribution in [0.25, 0.3) is 0 Å². The summed E-state index contributed by atoms with van der Waals surface area (Å²) in [6.07, 6.45) is 2.58. The van der Waals surface area contributed by atoms with E-state index in [0.29, 0.717) is 0 Å². The molecular formula is C16H14FN2O2S-. The van der Waals surface area contributed by atoms with E-state index in [0.717, 1.165) is 23.2 Å². The minimum Gasteiger partial charge on any atom is -0.772 e. The molecule has 114 valence electrons. The summed E-state index contributed by atoms with van der Waals surface area (Å²) in [5, 5.41) is 6.20. The molecule has 0 amide bonds. The summed E-state index contributed by atoms with van der Waals surface area (Å²) in [7, 11) is 0. The molecule has 0 bridgehead atoms. The van der Waals surface area contributed by atoms with Gasteiger partial charge in [0.25, 0.3) is 0 Å². The molecule has 0 N–H and O–H groups in total. The smallest absolute Gasteiger partial charge is 0.123 e. The second kappa shape index (κ2) is 6.37. The van der Waals surface area contributed by atoms with Gasteiger partial charge >= 0.3 is 0 Å². The Labute approximate surface area is 130 Å². The van der Waals surface area contributed by atoms with E-state index in [-0.39, 0.29) is 17.6 Å². The maximum atomic E-state index is 13.0. The maximum Gasteiger partial charge on any atom is 0.123 e. The lowest BCUT2D eigenvalue weighted by molar-refractivity contribution is 0.536. The predicted octanol–water partition coefficient (Wildman–Crippen LogP) is 3.14. The van der Waals surface area contributed by atoms with Gasteiger partial charge in [-0.05, 0) is 35.4 Å². The summed E-state index contributed by atoms with van der Waals surface area (Å²) in [5.41, 5.74) is 2.62. The van der Waals surface area contributed by atoms with Gasteiger partial charge in [0.1, 0.15) is 5.82 Å². The molecule has 4 nitrogen and oxygen atoms in total. The Bertz CT molecular complexity index is 701. The molecule has 2 aromatic rings. The Kier molecular flexibility index (Phi) is 4.31. The van der Waals surface area contributed by atoms with E-state index < -0.39 is 11.1 Å². The summed E-state index contributed by atoms with van der Waals surface area (Å²) in [6, 6.07) is 13.7. The highest BCUT2D eigenvalue weighted by molar-refractivity contribution is 7.78. The Morgan fingerprint density at radius 1 is 1.18 bits per heavy atom. The second-order valence-corrected chi connectivity index (χ2v) is 5.96. The van der Waals surface area contributed by atoms with Gasteiger partial charge in [-0.2, -0.15) is 5.10 Å². The molecule has 22 heavy (non-hydrogen) atoms. The van der Waals surface area contributed by atoms with E-state index >= 15 is 0 Å². The van der Waals surface area contributed by atoms with Crippen LogP contribution < -0.4 is 5.01 Å². The number of nitrogens with zero attached hydrogens (tertiary/aromatic N) is 2. The molecule has 0 spiro atoms. The monoisotopic (exact) mass is 317 g/mol. The molecule has 1 aliphatic rings. The number of anilines is 1. The lowest BCUT2D eigenvalue weighted by Crippen LogP contribution is -2.18. The SMILES string of the molecule is O=S([O-])Cc1ccc(C2CC=NN2c2ccc(F)cc2)cc1. The highest BCUT2D eigenvalue weighted by Crippen LogP contribution is 2.33. The summed E-state index contributed by atoms with van der Waals surface area (Å²) in [4.78, 5) is 0. The molecule has 3 rings (SSSR count). The minimum atomic E-state index is -2.08. The first-order chi connectivity index (χ1) is 10.6. The first-order valence-electron chi connectivity index (χ1n) is 6.85. The zero-order chi connectivity index (χ0) is 15.5. The number of hydrazone groups is 1. The van der Waals surface area contributed by atoms with E-state index in [9.17, 15) is 13.2 Å². The highest BCUT2D eigenvalue weighted by Gasteiger charge is 2.23. The normalized spacial score (nSPS) is 18.6. The van der Waals surface area contributed by atoms with Crippen molar-refractivity contribution in [2.45, 2.75) is 18.2 Å². The highest BCUT2D eigenvalue weighted by atomic mass is 32.2. The summed E-state index contributed by atoms with van der Waals surface area (Å²) >= 11 is -2.08. The third-order valence-electron chi connectivity index (χ3n) is 3.57. The zero-order valence-electron chi connectivity index (χ0n) is 11.7. The van der Waals surface area contributed by atoms with Crippen molar-refractivity contribution in [3.63, 3.8) is 0 Å². The Morgan fingerprint density at radius 2 is 1.86 bits per heavy atom. The van der Waals surface area contributed by atoms with Gasteiger partial charge < -0.3 is 4.55 Å². The number of rotatable bonds is 4. The Morgan fingerprint density at radius 3 is 2.50 bits per heavy atom. The van der Waals surface area contributed by atoms with Gasteiger partial charge in [0.2, 0.25) is 0 Å². The third-order valence-corrected chi connectivity index (χ3v) is 4.14. The molecule has 2 aromatic carbocycles. The van der Waals surface area contributed by atoms with Gasteiger partial charge in [-0.15, -0.1) is 0 Å². The van der Waals surface area contributed by atoms with E-state index in [1.165, 1.54) is 12.1 Å². The van der Waals surface area contributed by atoms with Gasteiger partial charge in [-0.1, -0.05) is 35.3 Å². The molecule has 0 radical (unpaired) electrons. The summed E-state index contributed by atoms with van der Waals surface area (Å²) in [6.45, 7) is 0. The van der Waals surface area contributed by atoms with Crippen LogP contribution in [0, 0.1) is 5.82 Å². The second-order valence-electron chi connectivity index (χ2n) is 5.06. The molecule has 1 aliphatic heterocycles. The minimum absolute atomic E-state index is 0.0170. The molecule has 2 unspecified atom stereocenters. The van der Waals surface area contributed by atoms with Gasteiger partial charge in [-0.25, -0.2) is 4.39 Å². The van der Waals surface area contributed by atoms with Crippen molar-refractivity contribution in [1.82, 2.24) is 0 Å².